The maximum atomic E-state index is 13.2. The van der Waals surface area contributed by atoms with Gasteiger partial charge in [-0.25, -0.2) is 4.39 Å². The second-order valence-electron chi connectivity index (χ2n) is 4.22. The molecule has 0 bridgehead atoms. The Balaban J connectivity index is 2.61. The second-order valence-corrected chi connectivity index (χ2v) is 4.22. The topological polar surface area (TPSA) is 64.0 Å². The first-order chi connectivity index (χ1) is 9.04. The Morgan fingerprint density at radius 1 is 1.47 bits per heavy atom. The van der Waals surface area contributed by atoms with Gasteiger partial charge in [0.15, 0.2) is 5.69 Å². The van der Waals surface area contributed by atoms with Gasteiger partial charge in [-0.15, -0.1) is 0 Å². The number of rotatable bonds is 3. The number of nitrogens with one attached hydrogen (secondary N) is 1. The number of aromatic nitrogens is 2. The van der Waals surface area contributed by atoms with Crippen LogP contribution in [0, 0.1) is 5.82 Å². The first-order valence-electron chi connectivity index (χ1n) is 5.99. The monoisotopic (exact) mass is 263 g/mol. The average Bonchev–Trinajstić information content (AvgIpc) is 2.40. The summed E-state index contributed by atoms with van der Waals surface area (Å²) in [6.07, 6.45) is 0.758. The van der Waals surface area contributed by atoms with Gasteiger partial charge in [-0.2, -0.15) is 5.10 Å². The smallest absolute Gasteiger partial charge is 0.275 e. The lowest BCUT2D eigenvalue weighted by molar-refractivity contribution is 0.0945. The molecule has 0 aliphatic rings. The van der Waals surface area contributed by atoms with Crippen molar-refractivity contribution in [1.29, 1.82) is 0 Å². The summed E-state index contributed by atoms with van der Waals surface area (Å²) in [4.78, 5) is 24.0. The number of nitrogens with zero attached hydrogens (tertiary/aromatic N) is 2. The highest BCUT2D eigenvalue weighted by Crippen LogP contribution is 2.10. The molecule has 0 fully saturated rings. The van der Waals surface area contributed by atoms with Crippen LogP contribution in [0.1, 0.15) is 23.8 Å². The van der Waals surface area contributed by atoms with Gasteiger partial charge in [0.05, 0.1) is 10.9 Å². The van der Waals surface area contributed by atoms with E-state index in [-0.39, 0.29) is 11.1 Å². The lowest BCUT2D eigenvalue weighted by atomic mass is 10.2. The highest BCUT2D eigenvalue weighted by molar-refractivity contribution is 5.95. The first-order valence-corrected chi connectivity index (χ1v) is 5.99. The molecule has 0 radical (unpaired) electrons. The van der Waals surface area contributed by atoms with E-state index in [1.807, 2.05) is 6.92 Å². The summed E-state index contributed by atoms with van der Waals surface area (Å²) in [7, 11) is 1.61. The van der Waals surface area contributed by atoms with Gasteiger partial charge in [0.25, 0.3) is 5.91 Å². The molecule has 1 amide bonds. The van der Waals surface area contributed by atoms with Gasteiger partial charge in [0, 0.05) is 13.6 Å². The van der Waals surface area contributed by atoms with Gasteiger partial charge < -0.3 is 5.32 Å². The number of hydrogen-bond donors (Lipinski definition) is 1. The molecule has 1 aromatic carbocycles. The third kappa shape index (κ3) is 2.47. The number of carbonyl (C=O) groups is 1. The number of carbonyl (C=O) groups excluding carboxylic acids is 1. The molecular weight excluding hydrogens is 249 g/mol. The van der Waals surface area contributed by atoms with Gasteiger partial charge in [-0.3, -0.25) is 14.3 Å². The number of amides is 1. The van der Waals surface area contributed by atoms with Crippen LogP contribution in [0.25, 0.3) is 10.9 Å². The lowest BCUT2D eigenvalue weighted by Crippen LogP contribution is -2.32. The molecule has 2 rings (SSSR count). The Morgan fingerprint density at radius 2 is 2.21 bits per heavy atom. The van der Waals surface area contributed by atoms with E-state index in [4.69, 9.17) is 0 Å². The molecule has 5 nitrogen and oxygen atoms in total. The molecule has 100 valence electrons. The van der Waals surface area contributed by atoms with Crippen LogP contribution in [0.5, 0.6) is 0 Å². The second kappa shape index (κ2) is 5.17. The van der Waals surface area contributed by atoms with Crippen LogP contribution in [0.3, 0.4) is 0 Å². The third-order valence-corrected chi connectivity index (χ3v) is 2.77. The molecule has 1 aromatic heterocycles. The minimum absolute atomic E-state index is 0.152. The van der Waals surface area contributed by atoms with Gasteiger partial charge in [-0.05, 0) is 24.6 Å². The zero-order valence-corrected chi connectivity index (χ0v) is 10.7. The largest absolute Gasteiger partial charge is 0.351 e. The molecule has 6 heteroatoms. The Kier molecular flexibility index (Phi) is 3.59. The van der Waals surface area contributed by atoms with Crippen molar-refractivity contribution in [2.24, 2.45) is 7.05 Å². The zero-order valence-electron chi connectivity index (χ0n) is 10.7. The van der Waals surface area contributed by atoms with E-state index < -0.39 is 17.2 Å². The quantitative estimate of drug-likeness (QED) is 0.905. The molecule has 2 aromatic rings. The predicted molar refractivity (Wildman–Crippen MR) is 69.6 cm³/mol. The Morgan fingerprint density at radius 3 is 2.89 bits per heavy atom. The maximum absolute atomic E-state index is 13.2. The summed E-state index contributed by atoms with van der Waals surface area (Å²) in [5.41, 5.74) is -0.284. The number of benzene rings is 1. The minimum atomic E-state index is -0.554. The molecular formula is C13H14FN3O2. The van der Waals surface area contributed by atoms with Crippen molar-refractivity contribution in [3.8, 4) is 0 Å². The molecule has 0 spiro atoms. The van der Waals surface area contributed by atoms with Crippen molar-refractivity contribution >= 4 is 16.8 Å². The van der Waals surface area contributed by atoms with Crippen molar-refractivity contribution in [1.82, 2.24) is 15.1 Å². The van der Waals surface area contributed by atoms with Crippen LogP contribution in [0.15, 0.2) is 23.0 Å². The van der Waals surface area contributed by atoms with Crippen LogP contribution in [0.4, 0.5) is 4.39 Å². The van der Waals surface area contributed by atoms with Crippen molar-refractivity contribution < 1.29 is 9.18 Å². The summed E-state index contributed by atoms with van der Waals surface area (Å²) in [6, 6.07) is 3.84. The van der Waals surface area contributed by atoms with E-state index in [1.165, 1.54) is 16.8 Å². The minimum Gasteiger partial charge on any atom is -0.351 e. The van der Waals surface area contributed by atoms with E-state index in [9.17, 15) is 14.0 Å². The Bertz CT molecular complexity index is 694. The molecule has 0 atom stereocenters. The van der Waals surface area contributed by atoms with E-state index in [1.54, 1.807) is 7.05 Å². The Hall–Kier alpha value is -2.24. The van der Waals surface area contributed by atoms with E-state index in [0.29, 0.717) is 12.1 Å². The lowest BCUT2D eigenvalue weighted by Gasteiger charge is -2.08. The molecule has 19 heavy (non-hydrogen) atoms. The zero-order chi connectivity index (χ0) is 14.0. The van der Waals surface area contributed by atoms with E-state index in [2.05, 4.69) is 10.4 Å². The Labute approximate surface area is 109 Å². The summed E-state index contributed by atoms with van der Waals surface area (Å²) in [5.74, 6) is -1.05. The third-order valence-electron chi connectivity index (χ3n) is 2.77. The SMILES string of the molecule is CCCNC(=O)c1nn(C)c2ccc(F)cc2c1=O. The number of fused-ring (bicyclic) bond motifs is 1. The molecule has 1 N–H and O–H groups in total. The van der Waals surface area contributed by atoms with Crippen molar-refractivity contribution in [3.05, 3.63) is 39.9 Å². The normalized spacial score (nSPS) is 10.7. The van der Waals surface area contributed by atoms with Crippen LogP contribution < -0.4 is 10.7 Å². The van der Waals surface area contributed by atoms with Crippen molar-refractivity contribution in [2.45, 2.75) is 13.3 Å². The highest BCUT2D eigenvalue weighted by atomic mass is 19.1. The predicted octanol–water partition coefficient (Wildman–Crippen LogP) is 1.21. The number of hydrogen-bond acceptors (Lipinski definition) is 3. The van der Waals surface area contributed by atoms with Crippen LogP contribution in [-0.2, 0) is 7.05 Å². The van der Waals surface area contributed by atoms with Gasteiger partial charge in [0.1, 0.15) is 5.82 Å². The van der Waals surface area contributed by atoms with Crippen molar-refractivity contribution in [3.63, 3.8) is 0 Å². The molecule has 0 saturated carbocycles. The molecule has 0 saturated heterocycles. The average molecular weight is 263 g/mol. The van der Waals surface area contributed by atoms with Crippen molar-refractivity contribution in [2.75, 3.05) is 6.54 Å². The fourth-order valence-electron chi connectivity index (χ4n) is 1.82. The number of aryl methyl sites for hydroxylation is 1. The van der Waals surface area contributed by atoms with Gasteiger partial charge >= 0.3 is 0 Å². The highest BCUT2D eigenvalue weighted by Gasteiger charge is 2.16. The summed E-state index contributed by atoms with van der Waals surface area (Å²) >= 11 is 0. The summed E-state index contributed by atoms with van der Waals surface area (Å²) < 4.78 is 14.6. The van der Waals surface area contributed by atoms with Gasteiger partial charge in [-0.1, -0.05) is 6.92 Å². The maximum Gasteiger partial charge on any atom is 0.275 e. The van der Waals surface area contributed by atoms with Crippen LogP contribution in [0.2, 0.25) is 0 Å². The summed E-state index contributed by atoms with van der Waals surface area (Å²) in [5, 5.41) is 6.69. The molecule has 1 heterocycles. The van der Waals surface area contributed by atoms with Crippen LogP contribution in [-0.4, -0.2) is 22.2 Å². The fourth-order valence-corrected chi connectivity index (χ4v) is 1.82. The van der Waals surface area contributed by atoms with E-state index in [0.717, 1.165) is 12.5 Å². The van der Waals surface area contributed by atoms with E-state index >= 15 is 0 Å². The van der Waals surface area contributed by atoms with Crippen LogP contribution >= 0.6 is 0 Å². The molecule has 0 aliphatic carbocycles. The summed E-state index contributed by atoms with van der Waals surface area (Å²) in [6.45, 7) is 2.37. The number of halogens is 1. The fraction of sp³-hybridized carbons (Fsp3) is 0.308. The first kappa shape index (κ1) is 13.2. The molecule has 0 unspecified atom stereocenters. The standard InChI is InChI=1S/C13H14FN3O2/c1-3-6-15-13(19)11-12(18)9-7-8(14)4-5-10(9)17(2)16-11/h4-5,7H,3,6H2,1-2H3,(H,15,19). The van der Waals surface area contributed by atoms with Gasteiger partial charge in [0.2, 0.25) is 5.43 Å². The molecule has 0 aliphatic heterocycles.